The van der Waals surface area contributed by atoms with Crippen molar-refractivity contribution >= 4 is 27.5 Å². The van der Waals surface area contributed by atoms with Crippen LogP contribution in [0.25, 0.3) is 0 Å². The van der Waals surface area contributed by atoms with Crippen molar-refractivity contribution < 1.29 is 17.9 Å². The van der Waals surface area contributed by atoms with Crippen LogP contribution in [0.2, 0.25) is 5.02 Å². The van der Waals surface area contributed by atoms with Crippen LogP contribution in [0.5, 0.6) is 0 Å². The van der Waals surface area contributed by atoms with Crippen molar-refractivity contribution in [2.75, 3.05) is 39.4 Å². The van der Waals surface area contributed by atoms with Crippen molar-refractivity contribution in [3.05, 3.63) is 34.9 Å². The van der Waals surface area contributed by atoms with Gasteiger partial charge in [0.25, 0.3) is 0 Å². The van der Waals surface area contributed by atoms with Gasteiger partial charge in [-0.1, -0.05) is 29.8 Å². The molecule has 1 atom stereocenters. The van der Waals surface area contributed by atoms with Crippen molar-refractivity contribution in [1.82, 2.24) is 9.21 Å². The first-order valence-corrected chi connectivity index (χ1v) is 10.5. The van der Waals surface area contributed by atoms with E-state index in [1.165, 1.54) is 4.31 Å². The van der Waals surface area contributed by atoms with E-state index in [4.69, 9.17) is 16.3 Å². The summed E-state index contributed by atoms with van der Waals surface area (Å²) in [5.41, 5.74) is 0.589. The largest absolute Gasteiger partial charge is 0.378 e. The molecule has 0 unspecified atom stereocenters. The molecule has 2 aliphatic rings. The first kappa shape index (κ1) is 18.6. The van der Waals surface area contributed by atoms with Gasteiger partial charge in [0.1, 0.15) is 0 Å². The minimum atomic E-state index is -3.50. The Kier molecular flexibility index (Phi) is 5.99. The van der Waals surface area contributed by atoms with Crippen LogP contribution in [-0.2, 0) is 25.3 Å². The Labute approximate surface area is 153 Å². The Morgan fingerprint density at radius 3 is 2.64 bits per heavy atom. The van der Waals surface area contributed by atoms with Crippen LogP contribution in [-0.4, -0.2) is 62.9 Å². The van der Waals surface area contributed by atoms with Gasteiger partial charge in [-0.2, -0.15) is 0 Å². The van der Waals surface area contributed by atoms with E-state index in [9.17, 15) is 13.2 Å². The number of nitrogens with zero attached hydrogens (tertiary/aromatic N) is 2. The first-order chi connectivity index (χ1) is 12.0. The van der Waals surface area contributed by atoms with Crippen molar-refractivity contribution in [3.63, 3.8) is 0 Å². The highest BCUT2D eigenvalue weighted by atomic mass is 35.5. The van der Waals surface area contributed by atoms with Gasteiger partial charge in [0.15, 0.2) is 0 Å². The van der Waals surface area contributed by atoms with Crippen LogP contribution in [0, 0.1) is 5.92 Å². The van der Waals surface area contributed by atoms with E-state index in [1.807, 2.05) is 0 Å². The van der Waals surface area contributed by atoms with E-state index < -0.39 is 10.0 Å². The number of hydrogen-bond acceptors (Lipinski definition) is 4. The Bertz CT molecular complexity index is 719. The highest BCUT2D eigenvalue weighted by Gasteiger charge is 2.34. The molecule has 0 spiro atoms. The summed E-state index contributed by atoms with van der Waals surface area (Å²) in [5, 5.41) is 0.448. The molecule has 2 fully saturated rings. The smallest absolute Gasteiger partial charge is 0.227 e. The molecule has 0 bridgehead atoms. The lowest BCUT2D eigenvalue weighted by Gasteiger charge is -2.35. The molecule has 2 heterocycles. The minimum absolute atomic E-state index is 0.0425. The van der Waals surface area contributed by atoms with Gasteiger partial charge in [-0.3, -0.25) is 4.79 Å². The number of carbonyl (C=O) groups is 1. The number of halogens is 1. The summed E-state index contributed by atoms with van der Waals surface area (Å²) in [6.07, 6.45) is 1.43. The molecule has 0 N–H and O–H groups in total. The Morgan fingerprint density at radius 2 is 1.92 bits per heavy atom. The summed E-state index contributed by atoms with van der Waals surface area (Å²) in [7, 11) is -3.50. The Morgan fingerprint density at radius 1 is 1.20 bits per heavy atom. The number of morpholine rings is 1. The molecule has 8 heteroatoms. The van der Waals surface area contributed by atoms with Gasteiger partial charge in [-0.05, 0) is 24.5 Å². The van der Waals surface area contributed by atoms with Gasteiger partial charge in [-0.15, -0.1) is 0 Å². The highest BCUT2D eigenvalue weighted by molar-refractivity contribution is 7.88. The maximum Gasteiger partial charge on any atom is 0.227 e. The molecule has 2 aliphatic heterocycles. The zero-order valence-corrected chi connectivity index (χ0v) is 15.6. The summed E-state index contributed by atoms with van der Waals surface area (Å²) in [6.45, 7) is 2.98. The van der Waals surface area contributed by atoms with E-state index in [-0.39, 0.29) is 24.1 Å². The van der Waals surface area contributed by atoms with E-state index in [1.54, 1.807) is 29.2 Å². The van der Waals surface area contributed by atoms with Crippen LogP contribution >= 0.6 is 11.6 Å². The maximum atomic E-state index is 12.8. The molecule has 138 valence electrons. The quantitative estimate of drug-likeness (QED) is 0.790. The minimum Gasteiger partial charge on any atom is -0.378 e. The van der Waals surface area contributed by atoms with Crippen molar-refractivity contribution in [1.29, 1.82) is 0 Å². The third-order valence-electron chi connectivity index (χ3n) is 4.75. The van der Waals surface area contributed by atoms with Crippen LogP contribution in [0.1, 0.15) is 18.4 Å². The molecule has 1 amide bonds. The van der Waals surface area contributed by atoms with Crippen LogP contribution < -0.4 is 0 Å². The molecule has 2 saturated heterocycles. The van der Waals surface area contributed by atoms with E-state index >= 15 is 0 Å². The molecule has 6 nitrogen and oxygen atoms in total. The van der Waals surface area contributed by atoms with Gasteiger partial charge >= 0.3 is 0 Å². The second kappa shape index (κ2) is 8.03. The Balaban J connectivity index is 1.67. The number of rotatable bonds is 4. The molecule has 0 aromatic heterocycles. The van der Waals surface area contributed by atoms with E-state index in [2.05, 4.69) is 0 Å². The highest BCUT2D eigenvalue weighted by Crippen LogP contribution is 2.25. The number of sulfonamides is 1. The predicted molar refractivity (Wildman–Crippen MR) is 95.8 cm³/mol. The number of carbonyl (C=O) groups excluding carboxylic acids is 1. The average molecular weight is 387 g/mol. The van der Waals surface area contributed by atoms with Gasteiger partial charge in [0.2, 0.25) is 15.9 Å². The van der Waals surface area contributed by atoms with Gasteiger partial charge < -0.3 is 9.64 Å². The number of piperidine rings is 1. The number of ether oxygens (including phenoxy) is 1. The monoisotopic (exact) mass is 386 g/mol. The zero-order valence-electron chi connectivity index (χ0n) is 14.1. The predicted octanol–water partition coefficient (Wildman–Crippen LogP) is 1.74. The zero-order chi connectivity index (χ0) is 17.9. The van der Waals surface area contributed by atoms with Crippen LogP contribution in [0.3, 0.4) is 0 Å². The lowest BCUT2D eigenvalue weighted by Crippen LogP contribution is -2.49. The number of amides is 1. The summed E-state index contributed by atoms with van der Waals surface area (Å²) in [6, 6.07) is 6.96. The molecule has 0 saturated carbocycles. The fourth-order valence-electron chi connectivity index (χ4n) is 3.34. The summed E-state index contributed by atoms with van der Waals surface area (Å²) >= 11 is 6.09. The van der Waals surface area contributed by atoms with Crippen molar-refractivity contribution in [3.8, 4) is 0 Å². The first-order valence-electron chi connectivity index (χ1n) is 8.55. The van der Waals surface area contributed by atoms with Gasteiger partial charge in [-0.25, -0.2) is 12.7 Å². The van der Waals surface area contributed by atoms with E-state index in [0.717, 1.165) is 6.42 Å². The fraction of sp³-hybridized carbons (Fsp3) is 0.588. The standard InChI is InChI=1S/C17H23ClN2O4S/c18-16-6-2-1-4-15(16)13-25(22,23)20-7-3-5-14(12-20)17(21)19-8-10-24-11-9-19/h1-2,4,6,14H,3,5,7-13H2/t14-/m0/s1. The van der Waals surface area contributed by atoms with Crippen molar-refractivity contribution in [2.45, 2.75) is 18.6 Å². The third-order valence-corrected chi connectivity index (χ3v) is 6.91. The Hall–Kier alpha value is -1.15. The lowest BCUT2D eigenvalue weighted by molar-refractivity contribution is -0.140. The normalized spacial score (nSPS) is 22.8. The molecule has 0 radical (unpaired) electrons. The van der Waals surface area contributed by atoms with Crippen LogP contribution in [0.15, 0.2) is 24.3 Å². The molecule has 1 aromatic carbocycles. The van der Waals surface area contributed by atoms with Gasteiger partial charge in [0.05, 0.1) is 24.9 Å². The maximum absolute atomic E-state index is 12.8. The second-order valence-corrected chi connectivity index (χ2v) is 8.86. The molecule has 0 aliphatic carbocycles. The summed E-state index contributed by atoms with van der Waals surface area (Å²) in [4.78, 5) is 14.5. The topological polar surface area (TPSA) is 66.9 Å². The molecule has 25 heavy (non-hydrogen) atoms. The summed E-state index contributed by atoms with van der Waals surface area (Å²) in [5.74, 6) is -0.362. The second-order valence-electron chi connectivity index (χ2n) is 6.48. The molecule has 1 aromatic rings. The number of benzene rings is 1. The van der Waals surface area contributed by atoms with Gasteiger partial charge in [0, 0.05) is 31.2 Å². The molecular formula is C17H23ClN2O4S. The molecular weight excluding hydrogens is 364 g/mol. The third kappa shape index (κ3) is 4.53. The number of hydrogen-bond donors (Lipinski definition) is 0. The molecule has 3 rings (SSSR count). The van der Waals surface area contributed by atoms with E-state index in [0.29, 0.717) is 49.9 Å². The van der Waals surface area contributed by atoms with Crippen LogP contribution in [0.4, 0.5) is 0 Å². The fourth-order valence-corrected chi connectivity index (χ4v) is 5.27. The lowest BCUT2D eigenvalue weighted by atomic mass is 9.98. The SMILES string of the molecule is O=C([C@H]1CCCN(S(=O)(=O)Cc2ccccc2Cl)C1)N1CCOCC1. The average Bonchev–Trinajstić information content (AvgIpc) is 2.64. The van der Waals surface area contributed by atoms with Crippen molar-refractivity contribution in [2.24, 2.45) is 5.92 Å². The summed E-state index contributed by atoms with van der Waals surface area (Å²) < 4.78 is 32.3.